The minimum Gasteiger partial charge on any atom is -0.356 e. The molecule has 1 amide bonds. The van der Waals surface area contributed by atoms with Crippen LogP contribution in [0.25, 0.3) is 11.5 Å². The molecule has 1 aromatic carbocycles. The molecule has 2 aromatic rings. The summed E-state index contributed by atoms with van der Waals surface area (Å²) in [6.07, 6.45) is 2.84. The number of aromatic nitrogens is 2. The average molecular weight is 298 g/mol. The number of nitrogens with zero attached hydrogens (tertiary/aromatic N) is 3. The van der Waals surface area contributed by atoms with Gasteiger partial charge in [-0.2, -0.15) is 4.98 Å². The standard InChI is InChI=1S/C16H18N4O2/c21-14-16(7-4-9-17-14)8-10-20(11-16)15-18-13(22-19-15)12-5-2-1-3-6-12/h1-3,5-6H,4,7-11H2,(H,17,21)/t16-/m1/s1. The third-order valence-electron chi connectivity index (χ3n) is 4.67. The summed E-state index contributed by atoms with van der Waals surface area (Å²) in [6.45, 7) is 2.26. The molecule has 2 fully saturated rings. The molecule has 0 saturated carbocycles. The molecule has 1 spiro atoms. The number of nitrogens with one attached hydrogen (secondary N) is 1. The number of amides is 1. The van der Waals surface area contributed by atoms with Crippen LogP contribution in [-0.4, -0.2) is 35.7 Å². The second kappa shape index (κ2) is 5.12. The molecule has 114 valence electrons. The van der Waals surface area contributed by atoms with E-state index < -0.39 is 0 Å². The third-order valence-corrected chi connectivity index (χ3v) is 4.67. The number of benzene rings is 1. The molecule has 0 bridgehead atoms. The molecular formula is C16H18N4O2. The summed E-state index contributed by atoms with van der Waals surface area (Å²) in [5.41, 5.74) is 0.636. The summed E-state index contributed by atoms with van der Waals surface area (Å²) in [5.74, 6) is 1.27. The molecule has 0 radical (unpaired) electrons. The van der Waals surface area contributed by atoms with Crippen LogP contribution in [0.15, 0.2) is 34.9 Å². The number of hydrogen-bond acceptors (Lipinski definition) is 5. The molecular weight excluding hydrogens is 280 g/mol. The number of rotatable bonds is 2. The number of piperidine rings is 1. The summed E-state index contributed by atoms with van der Waals surface area (Å²) < 4.78 is 5.36. The minimum atomic E-state index is -0.272. The molecule has 6 heteroatoms. The highest BCUT2D eigenvalue weighted by atomic mass is 16.5. The molecule has 1 atom stereocenters. The largest absolute Gasteiger partial charge is 0.356 e. The maximum absolute atomic E-state index is 12.2. The molecule has 2 aliphatic rings. The van der Waals surface area contributed by atoms with Crippen LogP contribution in [0.5, 0.6) is 0 Å². The highest BCUT2D eigenvalue weighted by molar-refractivity contribution is 5.84. The van der Waals surface area contributed by atoms with Gasteiger partial charge < -0.3 is 14.7 Å². The van der Waals surface area contributed by atoms with Crippen molar-refractivity contribution in [3.05, 3.63) is 30.3 Å². The van der Waals surface area contributed by atoms with Crippen molar-refractivity contribution in [1.82, 2.24) is 15.5 Å². The summed E-state index contributed by atoms with van der Waals surface area (Å²) in [6, 6.07) is 9.72. The zero-order valence-electron chi connectivity index (χ0n) is 12.3. The van der Waals surface area contributed by atoms with Crippen LogP contribution in [0, 0.1) is 5.41 Å². The van der Waals surface area contributed by atoms with Crippen molar-refractivity contribution in [2.75, 3.05) is 24.5 Å². The van der Waals surface area contributed by atoms with Crippen molar-refractivity contribution < 1.29 is 9.32 Å². The van der Waals surface area contributed by atoms with Gasteiger partial charge >= 0.3 is 0 Å². The van der Waals surface area contributed by atoms with E-state index in [0.717, 1.165) is 37.9 Å². The Morgan fingerprint density at radius 2 is 2.09 bits per heavy atom. The van der Waals surface area contributed by atoms with Gasteiger partial charge in [-0.15, -0.1) is 0 Å². The monoisotopic (exact) mass is 298 g/mol. The Kier molecular flexibility index (Phi) is 3.10. The lowest BCUT2D eigenvalue weighted by atomic mass is 9.79. The zero-order chi connectivity index (χ0) is 15.0. The normalized spacial score (nSPS) is 24.7. The quantitative estimate of drug-likeness (QED) is 0.916. The van der Waals surface area contributed by atoms with Gasteiger partial charge in [-0.3, -0.25) is 4.79 Å². The van der Waals surface area contributed by atoms with E-state index in [-0.39, 0.29) is 11.3 Å². The van der Waals surface area contributed by atoms with Crippen LogP contribution < -0.4 is 10.2 Å². The van der Waals surface area contributed by atoms with Gasteiger partial charge in [-0.25, -0.2) is 0 Å². The topological polar surface area (TPSA) is 71.3 Å². The van der Waals surface area contributed by atoms with Crippen LogP contribution in [-0.2, 0) is 4.79 Å². The fraction of sp³-hybridized carbons (Fsp3) is 0.438. The van der Waals surface area contributed by atoms with Gasteiger partial charge in [0.25, 0.3) is 11.8 Å². The van der Waals surface area contributed by atoms with Gasteiger partial charge in [-0.05, 0) is 36.6 Å². The SMILES string of the molecule is O=C1NCCC[C@]12CCN(c1noc(-c3ccccc3)n1)C2. The highest BCUT2D eigenvalue weighted by Gasteiger charge is 2.46. The predicted molar refractivity (Wildman–Crippen MR) is 81.2 cm³/mol. The maximum atomic E-state index is 12.2. The van der Waals surface area contributed by atoms with Crippen molar-refractivity contribution in [1.29, 1.82) is 0 Å². The molecule has 3 heterocycles. The van der Waals surface area contributed by atoms with Crippen LogP contribution in [0.2, 0.25) is 0 Å². The Hall–Kier alpha value is -2.37. The Balaban J connectivity index is 1.54. The lowest BCUT2D eigenvalue weighted by molar-refractivity contribution is -0.132. The average Bonchev–Trinajstić information content (AvgIpc) is 3.19. The third kappa shape index (κ3) is 2.15. The predicted octanol–water partition coefficient (Wildman–Crippen LogP) is 1.84. The van der Waals surface area contributed by atoms with E-state index in [2.05, 4.69) is 20.4 Å². The zero-order valence-corrected chi connectivity index (χ0v) is 12.3. The first-order chi connectivity index (χ1) is 10.8. The number of carbonyl (C=O) groups is 1. The van der Waals surface area contributed by atoms with Gasteiger partial charge in [0.1, 0.15) is 0 Å². The van der Waals surface area contributed by atoms with Gasteiger partial charge in [0.2, 0.25) is 5.91 Å². The van der Waals surface area contributed by atoms with Gasteiger partial charge in [0.15, 0.2) is 0 Å². The first-order valence-electron chi connectivity index (χ1n) is 7.69. The Morgan fingerprint density at radius 1 is 1.23 bits per heavy atom. The molecule has 0 unspecified atom stereocenters. The fourth-order valence-electron chi connectivity index (χ4n) is 3.40. The smallest absolute Gasteiger partial charge is 0.266 e. The summed E-state index contributed by atoms with van der Waals surface area (Å²) in [4.78, 5) is 18.8. The van der Waals surface area contributed by atoms with Crippen LogP contribution in [0.1, 0.15) is 19.3 Å². The van der Waals surface area contributed by atoms with Crippen molar-refractivity contribution in [3.63, 3.8) is 0 Å². The molecule has 1 N–H and O–H groups in total. The van der Waals surface area contributed by atoms with Crippen molar-refractivity contribution >= 4 is 11.9 Å². The van der Waals surface area contributed by atoms with Crippen molar-refractivity contribution in [2.45, 2.75) is 19.3 Å². The molecule has 2 saturated heterocycles. The second-order valence-electron chi connectivity index (χ2n) is 6.08. The van der Waals surface area contributed by atoms with E-state index in [1.165, 1.54) is 0 Å². The highest BCUT2D eigenvalue weighted by Crippen LogP contribution is 2.38. The molecule has 2 aliphatic heterocycles. The molecule has 4 rings (SSSR count). The molecule has 22 heavy (non-hydrogen) atoms. The van der Waals surface area contributed by atoms with Gasteiger partial charge in [-0.1, -0.05) is 18.2 Å². The van der Waals surface area contributed by atoms with Gasteiger partial charge in [0, 0.05) is 25.2 Å². The molecule has 1 aromatic heterocycles. The lowest BCUT2D eigenvalue weighted by Crippen LogP contribution is -2.47. The van der Waals surface area contributed by atoms with Crippen LogP contribution in [0.3, 0.4) is 0 Å². The van der Waals surface area contributed by atoms with E-state index >= 15 is 0 Å². The van der Waals surface area contributed by atoms with E-state index in [4.69, 9.17) is 4.52 Å². The van der Waals surface area contributed by atoms with E-state index in [9.17, 15) is 4.79 Å². The molecule has 0 aliphatic carbocycles. The molecule has 6 nitrogen and oxygen atoms in total. The number of hydrogen-bond donors (Lipinski definition) is 1. The van der Waals surface area contributed by atoms with E-state index in [0.29, 0.717) is 18.4 Å². The van der Waals surface area contributed by atoms with Crippen molar-refractivity contribution in [3.8, 4) is 11.5 Å². The minimum absolute atomic E-state index is 0.174. The maximum Gasteiger partial charge on any atom is 0.266 e. The van der Waals surface area contributed by atoms with Crippen LogP contribution >= 0.6 is 0 Å². The summed E-state index contributed by atoms with van der Waals surface area (Å²) in [5, 5.41) is 7.07. The summed E-state index contributed by atoms with van der Waals surface area (Å²) >= 11 is 0. The van der Waals surface area contributed by atoms with E-state index in [1.807, 2.05) is 30.3 Å². The second-order valence-corrected chi connectivity index (χ2v) is 6.08. The van der Waals surface area contributed by atoms with Crippen LogP contribution in [0.4, 0.5) is 5.95 Å². The lowest BCUT2D eigenvalue weighted by Gasteiger charge is -2.31. The number of anilines is 1. The first-order valence-corrected chi connectivity index (χ1v) is 7.69. The van der Waals surface area contributed by atoms with E-state index in [1.54, 1.807) is 0 Å². The van der Waals surface area contributed by atoms with Crippen molar-refractivity contribution in [2.24, 2.45) is 5.41 Å². The summed E-state index contributed by atoms with van der Waals surface area (Å²) in [7, 11) is 0. The first kappa shape index (κ1) is 13.3. The Bertz CT molecular complexity index is 684. The number of carbonyl (C=O) groups excluding carboxylic acids is 1. The fourth-order valence-corrected chi connectivity index (χ4v) is 3.40. The Labute approximate surface area is 128 Å². The Morgan fingerprint density at radius 3 is 2.91 bits per heavy atom. The van der Waals surface area contributed by atoms with Gasteiger partial charge in [0.05, 0.1) is 5.41 Å².